The van der Waals surface area contributed by atoms with Crippen molar-refractivity contribution in [3.63, 3.8) is 0 Å². The summed E-state index contributed by atoms with van der Waals surface area (Å²) in [6, 6.07) is 7.26. The number of piperazine rings is 1. The van der Waals surface area contributed by atoms with E-state index in [1.54, 1.807) is 20.1 Å². The third kappa shape index (κ3) is 5.49. The zero-order valence-corrected chi connectivity index (χ0v) is 13.9. The summed E-state index contributed by atoms with van der Waals surface area (Å²) in [5.41, 5.74) is 0.642. The predicted molar refractivity (Wildman–Crippen MR) is 87.8 cm³/mol. The van der Waals surface area contributed by atoms with Gasteiger partial charge in [0.05, 0.1) is 12.7 Å². The van der Waals surface area contributed by atoms with Crippen LogP contribution in [-0.4, -0.2) is 80.0 Å². The van der Waals surface area contributed by atoms with E-state index in [-0.39, 0.29) is 12.0 Å². The van der Waals surface area contributed by atoms with Crippen molar-refractivity contribution in [3.05, 3.63) is 29.8 Å². The van der Waals surface area contributed by atoms with Gasteiger partial charge in [0.25, 0.3) is 5.91 Å². The minimum Gasteiger partial charge on any atom is -0.491 e. The van der Waals surface area contributed by atoms with Crippen LogP contribution in [0, 0.1) is 0 Å². The molecule has 1 aliphatic rings. The first-order chi connectivity index (χ1) is 11.1. The van der Waals surface area contributed by atoms with E-state index in [4.69, 9.17) is 9.47 Å². The summed E-state index contributed by atoms with van der Waals surface area (Å²) in [4.78, 5) is 16.6. The number of hydrogen-bond donors (Lipinski definition) is 1. The molecule has 0 aromatic heterocycles. The van der Waals surface area contributed by atoms with Gasteiger partial charge in [0.2, 0.25) is 0 Å². The maximum Gasteiger partial charge on any atom is 0.254 e. The second kappa shape index (κ2) is 8.86. The first kappa shape index (κ1) is 17.7. The lowest BCUT2D eigenvalue weighted by Crippen LogP contribution is -2.50. The van der Waals surface area contributed by atoms with Crippen molar-refractivity contribution >= 4 is 5.91 Å². The van der Waals surface area contributed by atoms with Gasteiger partial charge in [0.15, 0.2) is 0 Å². The molecule has 1 fully saturated rings. The number of rotatable bonds is 7. The molecule has 0 spiro atoms. The number of amides is 1. The molecule has 1 unspecified atom stereocenters. The van der Waals surface area contributed by atoms with Crippen LogP contribution in [0.25, 0.3) is 0 Å². The summed E-state index contributed by atoms with van der Waals surface area (Å²) >= 11 is 0. The number of carbonyl (C=O) groups excluding carboxylic acids is 1. The van der Waals surface area contributed by atoms with Crippen molar-refractivity contribution in [2.45, 2.75) is 13.0 Å². The first-order valence-corrected chi connectivity index (χ1v) is 8.01. The van der Waals surface area contributed by atoms with Crippen LogP contribution in [0.2, 0.25) is 0 Å². The molecule has 128 valence electrons. The Bertz CT molecular complexity index is 499. The predicted octanol–water partition coefficient (Wildman–Crippen LogP) is 0.850. The highest BCUT2D eigenvalue weighted by atomic mass is 16.5. The highest BCUT2D eigenvalue weighted by Crippen LogP contribution is 2.16. The molecule has 6 nitrogen and oxygen atoms in total. The van der Waals surface area contributed by atoms with Gasteiger partial charge in [-0.05, 0) is 25.1 Å². The van der Waals surface area contributed by atoms with E-state index >= 15 is 0 Å². The van der Waals surface area contributed by atoms with Crippen molar-refractivity contribution in [1.82, 2.24) is 9.80 Å². The molecule has 0 bridgehead atoms. The summed E-state index contributed by atoms with van der Waals surface area (Å²) in [6.07, 6.45) is -0.335. The largest absolute Gasteiger partial charge is 0.491 e. The van der Waals surface area contributed by atoms with Gasteiger partial charge in [-0.3, -0.25) is 9.69 Å². The lowest BCUT2D eigenvalue weighted by atomic mass is 10.1. The number of aliphatic hydroxyl groups excluding tert-OH is 1. The molecule has 0 saturated carbocycles. The Kier molecular flexibility index (Phi) is 6.83. The van der Waals surface area contributed by atoms with Crippen LogP contribution >= 0.6 is 0 Å². The smallest absolute Gasteiger partial charge is 0.254 e. The molecule has 6 heteroatoms. The monoisotopic (exact) mass is 322 g/mol. The SMILES string of the molecule is COCCOc1cccc(C(=O)N2CCN(CC(C)O)CC2)c1. The molecule has 1 heterocycles. The van der Waals surface area contributed by atoms with Gasteiger partial charge in [-0.1, -0.05) is 6.07 Å². The molecule has 1 N–H and O–H groups in total. The number of benzene rings is 1. The summed E-state index contributed by atoms with van der Waals surface area (Å²) in [6.45, 7) is 6.37. The van der Waals surface area contributed by atoms with Crippen LogP contribution < -0.4 is 4.74 Å². The fourth-order valence-corrected chi connectivity index (χ4v) is 2.65. The van der Waals surface area contributed by atoms with Gasteiger partial charge in [0, 0.05) is 45.4 Å². The van der Waals surface area contributed by atoms with Crippen LogP contribution in [0.1, 0.15) is 17.3 Å². The maximum absolute atomic E-state index is 12.6. The third-order valence-corrected chi connectivity index (χ3v) is 3.82. The van der Waals surface area contributed by atoms with Crippen molar-refractivity contribution in [3.8, 4) is 5.75 Å². The van der Waals surface area contributed by atoms with E-state index in [0.29, 0.717) is 44.2 Å². The van der Waals surface area contributed by atoms with E-state index in [1.807, 2.05) is 23.1 Å². The zero-order valence-electron chi connectivity index (χ0n) is 13.9. The lowest BCUT2D eigenvalue weighted by molar-refractivity contribution is 0.0553. The van der Waals surface area contributed by atoms with Crippen LogP contribution in [0.3, 0.4) is 0 Å². The normalized spacial score (nSPS) is 17.1. The summed E-state index contributed by atoms with van der Waals surface area (Å²) in [5.74, 6) is 0.708. The van der Waals surface area contributed by atoms with Crippen LogP contribution in [0.4, 0.5) is 0 Å². The third-order valence-electron chi connectivity index (χ3n) is 3.82. The fraction of sp³-hybridized carbons (Fsp3) is 0.588. The summed E-state index contributed by atoms with van der Waals surface area (Å²) in [5, 5.41) is 9.43. The molecule has 1 atom stereocenters. The molecule has 0 radical (unpaired) electrons. The molecular weight excluding hydrogens is 296 g/mol. The van der Waals surface area contributed by atoms with Gasteiger partial charge >= 0.3 is 0 Å². The Balaban J connectivity index is 1.89. The Hall–Kier alpha value is -1.63. The average Bonchev–Trinajstić information content (AvgIpc) is 2.55. The van der Waals surface area contributed by atoms with Crippen molar-refractivity contribution in [2.75, 3.05) is 53.0 Å². The standard InChI is InChI=1S/C17H26N2O4/c1-14(20)13-18-6-8-19(9-7-18)17(21)15-4-3-5-16(12-15)23-11-10-22-2/h3-5,12,14,20H,6-11,13H2,1-2H3. The Morgan fingerprint density at radius 1 is 1.26 bits per heavy atom. The topological polar surface area (TPSA) is 62.2 Å². The minimum atomic E-state index is -0.335. The Labute approximate surface area is 137 Å². The molecule has 1 saturated heterocycles. The molecule has 1 aromatic rings. The first-order valence-electron chi connectivity index (χ1n) is 8.01. The number of hydrogen-bond acceptors (Lipinski definition) is 5. The highest BCUT2D eigenvalue weighted by molar-refractivity contribution is 5.94. The molecule has 23 heavy (non-hydrogen) atoms. The number of aliphatic hydroxyl groups is 1. The Morgan fingerprint density at radius 2 is 2.00 bits per heavy atom. The molecule has 1 amide bonds. The lowest BCUT2D eigenvalue weighted by Gasteiger charge is -2.35. The van der Waals surface area contributed by atoms with E-state index in [1.165, 1.54) is 0 Å². The fourth-order valence-electron chi connectivity index (χ4n) is 2.65. The van der Waals surface area contributed by atoms with Gasteiger partial charge in [-0.15, -0.1) is 0 Å². The number of carbonyl (C=O) groups is 1. The molecule has 2 rings (SSSR count). The molecular formula is C17H26N2O4. The van der Waals surface area contributed by atoms with Gasteiger partial charge in [-0.25, -0.2) is 0 Å². The number of methoxy groups -OCH3 is 1. The van der Waals surface area contributed by atoms with Crippen LogP contribution in [-0.2, 0) is 4.74 Å². The zero-order chi connectivity index (χ0) is 16.7. The molecule has 1 aliphatic heterocycles. The van der Waals surface area contributed by atoms with Crippen LogP contribution in [0.5, 0.6) is 5.75 Å². The quantitative estimate of drug-likeness (QED) is 0.754. The minimum absolute atomic E-state index is 0.0267. The molecule has 1 aromatic carbocycles. The van der Waals surface area contributed by atoms with E-state index < -0.39 is 0 Å². The van der Waals surface area contributed by atoms with E-state index in [2.05, 4.69) is 4.90 Å². The van der Waals surface area contributed by atoms with Gasteiger partial charge in [0.1, 0.15) is 12.4 Å². The summed E-state index contributed by atoms with van der Waals surface area (Å²) < 4.78 is 10.5. The van der Waals surface area contributed by atoms with E-state index in [0.717, 1.165) is 13.1 Å². The Morgan fingerprint density at radius 3 is 2.65 bits per heavy atom. The number of β-amino-alcohol motifs (C(OH)–C–C–N with tert-alkyl or cyclic N) is 1. The van der Waals surface area contributed by atoms with Gasteiger partial charge in [-0.2, -0.15) is 0 Å². The van der Waals surface area contributed by atoms with Crippen molar-refractivity contribution < 1.29 is 19.4 Å². The van der Waals surface area contributed by atoms with Crippen molar-refractivity contribution in [2.24, 2.45) is 0 Å². The molecule has 0 aliphatic carbocycles. The second-order valence-corrected chi connectivity index (χ2v) is 5.81. The van der Waals surface area contributed by atoms with Gasteiger partial charge < -0.3 is 19.5 Å². The maximum atomic E-state index is 12.6. The average molecular weight is 322 g/mol. The second-order valence-electron chi connectivity index (χ2n) is 5.81. The number of nitrogens with zero attached hydrogens (tertiary/aromatic N) is 2. The highest BCUT2D eigenvalue weighted by Gasteiger charge is 2.22. The van der Waals surface area contributed by atoms with Crippen LogP contribution in [0.15, 0.2) is 24.3 Å². The summed E-state index contributed by atoms with van der Waals surface area (Å²) in [7, 11) is 1.63. The number of ether oxygens (including phenoxy) is 2. The van der Waals surface area contributed by atoms with Crippen molar-refractivity contribution in [1.29, 1.82) is 0 Å². The van der Waals surface area contributed by atoms with E-state index in [9.17, 15) is 9.90 Å².